The molecule has 0 aliphatic heterocycles. The molecule has 1 saturated carbocycles. The fourth-order valence-corrected chi connectivity index (χ4v) is 4.58. The third kappa shape index (κ3) is 7.13. The minimum Gasteiger partial charge on any atom is -0.444 e. The van der Waals surface area contributed by atoms with E-state index in [9.17, 15) is 19.5 Å². The second kappa shape index (κ2) is 12.4. The molecule has 0 spiro atoms. The van der Waals surface area contributed by atoms with Crippen molar-refractivity contribution in [1.29, 1.82) is 0 Å². The SMILES string of the molecule is CCc1ccc(C(C(=O)Nc2c(C)cccc2C)N(C(=O)C(CO)NC(=O)OC(C)(C)C)C2CCC2)cc1. The minimum atomic E-state index is -1.25. The predicted octanol–water partition coefficient (Wildman–Crippen LogP) is 4.81. The average molecular weight is 524 g/mol. The van der Waals surface area contributed by atoms with Crippen LogP contribution in [0.4, 0.5) is 10.5 Å². The Hall–Kier alpha value is -3.39. The van der Waals surface area contributed by atoms with Crippen LogP contribution in [-0.4, -0.2) is 52.2 Å². The van der Waals surface area contributed by atoms with Gasteiger partial charge >= 0.3 is 6.09 Å². The van der Waals surface area contributed by atoms with Crippen molar-refractivity contribution in [3.05, 3.63) is 64.7 Å². The van der Waals surface area contributed by atoms with Crippen LogP contribution in [0.2, 0.25) is 0 Å². The van der Waals surface area contributed by atoms with E-state index in [4.69, 9.17) is 4.74 Å². The number of aliphatic hydroxyl groups is 1. The molecule has 0 radical (unpaired) electrons. The Morgan fingerprint density at radius 2 is 1.66 bits per heavy atom. The van der Waals surface area contributed by atoms with Crippen molar-refractivity contribution in [2.45, 2.75) is 91.0 Å². The van der Waals surface area contributed by atoms with Gasteiger partial charge in [-0.25, -0.2) is 4.79 Å². The van der Waals surface area contributed by atoms with Gasteiger partial charge in [0, 0.05) is 11.7 Å². The van der Waals surface area contributed by atoms with Gasteiger partial charge in [0.2, 0.25) is 5.91 Å². The van der Waals surface area contributed by atoms with E-state index in [1.165, 1.54) is 0 Å². The fourth-order valence-electron chi connectivity index (χ4n) is 4.58. The molecule has 2 atom stereocenters. The maximum Gasteiger partial charge on any atom is 0.408 e. The van der Waals surface area contributed by atoms with Gasteiger partial charge in [-0.1, -0.05) is 49.4 Å². The van der Waals surface area contributed by atoms with E-state index in [2.05, 4.69) is 17.6 Å². The van der Waals surface area contributed by atoms with Crippen LogP contribution in [0.3, 0.4) is 0 Å². The first-order valence-electron chi connectivity index (χ1n) is 13.3. The number of ether oxygens (including phenoxy) is 1. The van der Waals surface area contributed by atoms with Crippen LogP contribution in [0.25, 0.3) is 0 Å². The normalized spacial score (nSPS) is 15.1. The summed E-state index contributed by atoms with van der Waals surface area (Å²) in [6, 6.07) is 11.1. The second-order valence-electron chi connectivity index (χ2n) is 11.0. The van der Waals surface area contributed by atoms with Gasteiger partial charge in [-0.2, -0.15) is 0 Å². The zero-order chi connectivity index (χ0) is 28.0. The molecular weight excluding hydrogens is 482 g/mol. The highest BCUT2D eigenvalue weighted by atomic mass is 16.6. The van der Waals surface area contributed by atoms with Gasteiger partial charge < -0.3 is 25.4 Å². The molecule has 0 heterocycles. The number of amides is 3. The summed E-state index contributed by atoms with van der Waals surface area (Å²) in [5.41, 5.74) is 3.55. The molecule has 0 saturated heterocycles. The molecule has 3 amide bonds. The average Bonchev–Trinajstić information content (AvgIpc) is 2.82. The third-order valence-corrected chi connectivity index (χ3v) is 6.85. The first-order chi connectivity index (χ1) is 17.9. The van der Waals surface area contributed by atoms with E-state index < -0.39 is 36.3 Å². The van der Waals surface area contributed by atoms with Crippen molar-refractivity contribution in [2.24, 2.45) is 0 Å². The van der Waals surface area contributed by atoms with Gasteiger partial charge in [0.25, 0.3) is 5.91 Å². The number of anilines is 1. The van der Waals surface area contributed by atoms with Gasteiger partial charge in [0.1, 0.15) is 17.7 Å². The van der Waals surface area contributed by atoms with Gasteiger partial charge in [0.05, 0.1) is 6.61 Å². The molecule has 1 aliphatic rings. The first-order valence-corrected chi connectivity index (χ1v) is 13.3. The van der Waals surface area contributed by atoms with Gasteiger partial charge in [-0.3, -0.25) is 9.59 Å². The lowest BCUT2D eigenvalue weighted by atomic mass is 9.88. The minimum absolute atomic E-state index is 0.198. The Kier molecular flexibility index (Phi) is 9.55. The monoisotopic (exact) mass is 523 g/mol. The van der Waals surface area contributed by atoms with Crippen molar-refractivity contribution >= 4 is 23.6 Å². The van der Waals surface area contributed by atoms with Crippen LogP contribution >= 0.6 is 0 Å². The Morgan fingerprint density at radius 1 is 1.05 bits per heavy atom. The molecule has 3 rings (SSSR count). The highest BCUT2D eigenvalue weighted by Crippen LogP contribution is 2.35. The van der Waals surface area contributed by atoms with Crippen molar-refractivity contribution in [2.75, 3.05) is 11.9 Å². The van der Waals surface area contributed by atoms with Crippen LogP contribution in [0, 0.1) is 13.8 Å². The standard InChI is InChI=1S/C30H41N3O5/c1-7-21-14-16-22(17-15-21)26(27(35)32-25-19(2)10-8-11-20(25)3)33(23-12-9-13-23)28(36)24(18-34)31-29(37)38-30(4,5)6/h8,10-11,14-17,23-24,26,34H,7,9,12-13,18H2,1-6H3,(H,31,37)(H,32,35). The van der Waals surface area contributed by atoms with E-state index in [1.807, 2.05) is 56.3 Å². The Balaban J connectivity index is 2.01. The van der Waals surface area contributed by atoms with Crippen LogP contribution < -0.4 is 10.6 Å². The number of hydrogen-bond acceptors (Lipinski definition) is 5. The number of nitrogens with zero attached hydrogens (tertiary/aromatic N) is 1. The third-order valence-electron chi connectivity index (χ3n) is 6.85. The lowest BCUT2D eigenvalue weighted by Gasteiger charge is -2.43. The number of para-hydroxylation sites is 1. The summed E-state index contributed by atoms with van der Waals surface area (Å²) in [6.45, 7) is 10.4. The lowest BCUT2D eigenvalue weighted by Crippen LogP contribution is -2.58. The summed E-state index contributed by atoms with van der Waals surface area (Å²) in [6.07, 6.45) is 2.43. The number of carbonyl (C=O) groups excluding carboxylic acids is 3. The molecule has 1 aliphatic carbocycles. The molecule has 8 heteroatoms. The lowest BCUT2D eigenvalue weighted by molar-refractivity contribution is -0.146. The number of aliphatic hydroxyl groups excluding tert-OH is 1. The Morgan fingerprint density at radius 3 is 2.13 bits per heavy atom. The van der Waals surface area contributed by atoms with Crippen LogP contribution in [0.15, 0.2) is 42.5 Å². The van der Waals surface area contributed by atoms with Crippen molar-refractivity contribution in [1.82, 2.24) is 10.2 Å². The summed E-state index contributed by atoms with van der Waals surface area (Å²) >= 11 is 0. The molecule has 1 fully saturated rings. The molecule has 3 N–H and O–H groups in total. The van der Waals surface area contributed by atoms with E-state index in [0.717, 1.165) is 42.4 Å². The van der Waals surface area contributed by atoms with E-state index in [-0.39, 0.29) is 11.9 Å². The largest absolute Gasteiger partial charge is 0.444 e. The molecule has 2 aromatic rings. The molecule has 8 nitrogen and oxygen atoms in total. The van der Waals surface area contributed by atoms with Gasteiger partial charge in [-0.15, -0.1) is 0 Å². The molecule has 38 heavy (non-hydrogen) atoms. The number of alkyl carbamates (subject to hydrolysis) is 1. The summed E-state index contributed by atoms with van der Waals surface area (Å²) in [5.74, 6) is -0.870. The van der Waals surface area contributed by atoms with E-state index >= 15 is 0 Å². The second-order valence-corrected chi connectivity index (χ2v) is 11.0. The zero-order valence-corrected chi connectivity index (χ0v) is 23.3. The number of carbonyl (C=O) groups is 3. The topological polar surface area (TPSA) is 108 Å². The zero-order valence-electron chi connectivity index (χ0n) is 23.3. The molecule has 2 aromatic carbocycles. The summed E-state index contributed by atoms with van der Waals surface area (Å²) < 4.78 is 5.31. The number of benzene rings is 2. The van der Waals surface area contributed by atoms with Crippen molar-refractivity contribution in [3.63, 3.8) is 0 Å². The number of nitrogens with one attached hydrogen (secondary N) is 2. The van der Waals surface area contributed by atoms with E-state index in [0.29, 0.717) is 11.3 Å². The predicted molar refractivity (Wildman–Crippen MR) is 148 cm³/mol. The van der Waals surface area contributed by atoms with Crippen molar-refractivity contribution in [3.8, 4) is 0 Å². The molecule has 2 unspecified atom stereocenters. The first kappa shape index (κ1) is 29.2. The number of aryl methyl sites for hydroxylation is 3. The summed E-state index contributed by atoms with van der Waals surface area (Å²) in [7, 11) is 0. The molecular formula is C30H41N3O5. The van der Waals surface area contributed by atoms with Crippen LogP contribution in [0.5, 0.6) is 0 Å². The summed E-state index contributed by atoms with van der Waals surface area (Å²) in [4.78, 5) is 42.0. The maximum absolute atomic E-state index is 14.0. The van der Waals surface area contributed by atoms with Crippen molar-refractivity contribution < 1.29 is 24.2 Å². The Bertz CT molecular complexity index is 1120. The Labute approximate surface area is 225 Å². The number of hydrogen-bond donors (Lipinski definition) is 3. The van der Waals surface area contributed by atoms with E-state index in [1.54, 1.807) is 25.7 Å². The summed E-state index contributed by atoms with van der Waals surface area (Å²) in [5, 5.41) is 15.7. The smallest absolute Gasteiger partial charge is 0.408 e. The molecule has 206 valence electrons. The van der Waals surface area contributed by atoms with Crippen LogP contribution in [0.1, 0.15) is 75.3 Å². The molecule has 0 aromatic heterocycles. The van der Waals surface area contributed by atoms with Gasteiger partial charge in [0.15, 0.2) is 0 Å². The van der Waals surface area contributed by atoms with Crippen LogP contribution in [-0.2, 0) is 20.7 Å². The molecule has 0 bridgehead atoms. The quantitative estimate of drug-likeness (QED) is 0.437. The maximum atomic E-state index is 14.0. The highest BCUT2D eigenvalue weighted by Gasteiger charge is 2.42. The highest BCUT2D eigenvalue weighted by molar-refractivity contribution is 6.00. The fraction of sp³-hybridized carbons (Fsp3) is 0.500. The number of rotatable bonds is 9. The van der Waals surface area contributed by atoms with Gasteiger partial charge in [-0.05, 0) is 82.6 Å².